The molecule has 0 aliphatic heterocycles. The van der Waals surface area contributed by atoms with Gasteiger partial charge in [0.1, 0.15) is 5.76 Å². The first-order valence-electron chi connectivity index (χ1n) is 5.18. The van der Waals surface area contributed by atoms with Gasteiger partial charge in [-0.05, 0) is 30.2 Å². The minimum Gasteiger partial charge on any atom is -0.507 e. The van der Waals surface area contributed by atoms with E-state index in [-0.39, 0.29) is 11.5 Å². The van der Waals surface area contributed by atoms with Crippen molar-refractivity contribution in [1.82, 2.24) is 0 Å². The van der Waals surface area contributed by atoms with Gasteiger partial charge in [0, 0.05) is 23.1 Å². The molecule has 1 N–H and O–H groups in total. The molecule has 86 valence electrons. The van der Waals surface area contributed by atoms with E-state index in [2.05, 4.69) is 0 Å². The van der Waals surface area contributed by atoms with Crippen LogP contribution >= 0.6 is 11.6 Å². The fraction of sp³-hybridized carbons (Fsp3) is 0.308. The molecule has 2 nitrogen and oxygen atoms in total. The number of halogens is 1. The summed E-state index contributed by atoms with van der Waals surface area (Å²) >= 11 is 5.72. The number of carbonyl (C=O) groups is 1. The first-order chi connectivity index (χ1) is 7.49. The summed E-state index contributed by atoms with van der Waals surface area (Å²) < 4.78 is 0. The Morgan fingerprint density at radius 1 is 1.38 bits per heavy atom. The lowest BCUT2D eigenvalue weighted by Gasteiger charge is -2.02. The molecule has 0 fully saturated rings. The van der Waals surface area contributed by atoms with Crippen LogP contribution in [0.3, 0.4) is 0 Å². The van der Waals surface area contributed by atoms with Crippen molar-refractivity contribution in [2.24, 2.45) is 5.92 Å². The molecule has 0 spiro atoms. The Bertz CT molecular complexity index is 391. The highest BCUT2D eigenvalue weighted by Crippen LogP contribution is 2.16. The molecule has 0 radical (unpaired) electrons. The van der Waals surface area contributed by atoms with Gasteiger partial charge in [0.15, 0.2) is 5.78 Å². The summed E-state index contributed by atoms with van der Waals surface area (Å²) in [5, 5.41) is 10.3. The van der Waals surface area contributed by atoms with Crippen LogP contribution in [-0.4, -0.2) is 10.9 Å². The molecule has 1 aromatic rings. The van der Waals surface area contributed by atoms with Gasteiger partial charge >= 0.3 is 0 Å². The molecular formula is C13H15ClO2. The Morgan fingerprint density at radius 3 is 2.44 bits per heavy atom. The van der Waals surface area contributed by atoms with Crippen molar-refractivity contribution in [2.75, 3.05) is 0 Å². The molecule has 0 unspecified atom stereocenters. The maximum atomic E-state index is 11.4. The number of rotatable bonds is 4. The van der Waals surface area contributed by atoms with Crippen molar-refractivity contribution >= 4 is 23.1 Å². The van der Waals surface area contributed by atoms with Gasteiger partial charge in [0.2, 0.25) is 0 Å². The number of hydrogen-bond acceptors (Lipinski definition) is 2. The van der Waals surface area contributed by atoms with Crippen molar-refractivity contribution in [3.63, 3.8) is 0 Å². The molecule has 0 aliphatic rings. The molecule has 0 bridgehead atoms. The summed E-state index contributed by atoms with van der Waals surface area (Å²) in [5.41, 5.74) is 0.599. The average Bonchev–Trinajstić information content (AvgIpc) is 2.16. The molecule has 0 saturated carbocycles. The van der Waals surface area contributed by atoms with Crippen LogP contribution in [0.2, 0.25) is 5.02 Å². The van der Waals surface area contributed by atoms with E-state index in [0.29, 0.717) is 22.9 Å². The van der Waals surface area contributed by atoms with Crippen molar-refractivity contribution in [3.05, 3.63) is 40.9 Å². The lowest BCUT2D eigenvalue weighted by atomic mass is 10.1. The lowest BCUT2D eigenvalue weighted by molar-refractivity contribution is -0.115. The summed E-state index contributed by atoms with van der Waals surface area (Å²) in [5.74, 6) is 0.214. The molecule has 3 heteroatoms. The normalized spacial score (nSPS) is 11.9. The molecule has 16 heavy (non-hydrogen) atoms. The van der Waals surface area contributed by atoms with Gasteiger partial charge < -0.3 is 5.11 Å². The largest absolute Gasteiger partial charge is 0.507 e. The summed E-state index contributed by atoms with van der Waals surface area (Å²) in [6.07, 6.45) is 1.71. The Kier molecular flexibility index (Phi) is 4.56. The van der Waals surface area contributed by atoms with Crippen molar-refractivity contribution in [3.8, 4) is 0 Å². The number of hydrogen-bond donors (Lipinski definition) is 1. The molecule has 0 aliphatic carbocycles. The Hall–Kier alpha value is -1.28. The van der Waals surface area contributed by atoms with E-state index in [0.717, 1.165) is 0 Å². The molecule has 1 aromatic carbocycles. The molecule has 0 saturated heterocycles. The predicted molar refractivity (Wildman–Crippen MR) is 66.5 cm³/mol. The second kappa shape index (κ2) is 5.71. The van der Waals surface area contributed by atoms with E-state index in [9.17, 15) is 9.90 Å². The van der Waals surface area contributed by atoms with Crippen LogP contribution in [0.1, 0.15) is 25.8 Å². The Labute approximate surface area is 101 Å². The van der Waals surface area contributed by atoms with Crippen LogP contribution in [0, 0.1) is 5.92 Å². The summed E-state index contributed by atoms with van der Waals surface area (Å²) in [6.45, 7) is 3.93. The zero-order valence-corrected chi connectivity index (χ0v) is 10.2. The lowest BCUT2D eigenvalue weighted by Crippen LogP contribution is -2.00. The molecule has 0 heterocycles. The minimum atomic E-state index is -0.0672. The third-order valence-corrected chi connectivity index (χ3v) is 2.30. The molecule has 0 aromatic heterocycles. The van der Waals surface area contributed by atoms with E-state index in [1.54, 1.807) is 24.3 Å². The van der Waals surface area contributed by atoms with Gasteiger partial charge in [-0.3, -0.25) is 4.79 Å². The highest BCUT2D eigenvalue weighted by atomic mass is 35.5. The van der Waals surface area contributed by atoms with Crippen LogP contribution in [-0.2, 0) is 4.79 Å². The molecule has 1 rings (SSSR count). The van der Waals surface area contributed by atoms with Crippen molar-refractivity contribution in [1.29, 1.82) is 0 Å². The zero-order chi connectivity index (χ0) is 12.1. The number of carbonyl (C=O) groups excluding carboxylic acids is 1. The SMILES string of the molecule is CC(C)CC(=O)/C=C(\O)c1ccc(Cl)cc1. The van der Waals surface area contributed by atoms with Gasteiger partial charge in [0.05, 0.1) is 0 Å². The van der Waals surface area contributed by atoms with E-state index in [4.69, 9.17) is 11.6 Å². The summed E-state index contributed by atoms with van der Waals surface area (Å²) in [4.78, 5) is 11.4. The number of benzene rings is 1. The van der Waals surface area contributed by atoms with Gasteiger partial charge in [0.25, 0.3) is 0 Å². The maximum absolute atomic E-state index is 11.4. The monoisotopic (exact) mass is 238 g/mol. The molecular weight excluding hydrogens is 224 g/mol. The molecule has 0 amide bonds. The molecule has 0 atom stereocenters. The van der Waals surface area contributed by atoms with Crippen LogP contribution in [0.4, 0.5) is 0 Å². The van der Waals surface area contributed by atoms with Crippen LogP contribution in [0.5, 0.6) is 0 Å². The van der Waals surface area contributed by atoms with E-state index in [1.165, 1.54) is 6.08 Å². The van der Waals surface area contributed by atoms with Gasteiger partial charge in [-0.15, -0.1) is 0 Å². The first-order valence-corrected chi connectivity index (χ1v) is 5.56. The quantitative estimate of drug-likeness (QED) is 0.639. The smallest absolute Gasteiger partial charge is 0.159 e. The van der Waals surface area contributed by atoms with Gasteiger partial charge in [-0.25, -0.2) is 0 Å². The summed E-state index contributed by atoms with van der Waals surface area (Å²) in [6, 6.07) is 6.70. The summed E-state index contributed by atoms with van der Waals surface area (Å²) in [7, 11) is 0. The van der Waals surface area contributed by atoms with E-state index >= 15 is 0 Å². The highest BCUT2D eigenvalue weighted by molar-refractivity contribution is 6.30. The van der Waals surface area contributed by atoms with E-state index in [1.807, 2.05) is 13.8 Å². The first kappa shape index (κ1) is 12.8. The van der Waals surface area contributed by atoms with Crippen molar-refractivity contribution < 1.29 is 9.90 Å². The second-order valence-corrected chi connectivity index (χ2v) is 4.54. The average molecular weight is 239 g/mol. The topological polar surface area (TPSA) is 37.3 Å². The number of allylic oxidation sites excluding steroid dienone is 1. The Balaban J connectivity index is 2.77. The maximum Gasteiger partial charge on any atom is 0.159 e. The second-order valence-electron chi connectivity index (χ2n) is 4.10. The third kappa shape index (κ3) is 4.07. The highest BCUT2D eigenvalue weighted by Gasteiger charge is 2.05. The van der Waals surface area contributed by atoms with Crippen LogP contribution in [0.15, 0.2) is 30.3 Å². The Morgan fingerprint density at radius 2 is 1.94 bits per heavy atom. The van der Waals surface area contributed by atoms with Gasteiger partial charge in [-0.2, -0.15) is 0 Å². The van der Waals surface area contributed by atoms with Crippen molar-refractivity contribution in [2.45, 2.75) is 20.3 Å². The fourth-order valence-corrected chi connectivity index (χ4v) is 1.44. The number of aliphatic hydroxyl groups is 1. The van der Waals surface area contributed by atoms with Crippen LogP contribution in [0.25, 0.3) is 5.76 Å². The van der Waals surface area contributed by atoms with E-state index < -0.39 is 0 Å². The standard InChI is InChI=1S/C13H15ClO2/c1-9(2)7-12(15)8-13(16)10-3-5-11(14)6-4-10/h3-6,8-9,16H,7H2,1-2H3/b13-8-. The number of aliphatic hydroxyl groups excluding tert-OH is 1. The van der Waals surface area contributed by atoms with Gasteiger partial charge in [-0.1, -0.05) is 25.4 Å². The minimum absolute atomic E-state index is 0.0117. The van der Waals surface area contributed by atoms with Crippen LogP contribution < -0.4 is 0 Å². The fourth-order valence-electron chi connectivity index (χ4n) is 1.32. The predicted octanol–water partition coefficient (Wildman–Crippen LogP) is 3.85. The third-order valence-electron chi connectivity index (χ3n) is 2.05. The zero-order valence-electron chi connectivity index (χ0n) is 9.40. The number of ketones is 1.